The van der Waals surface area contributed by atoms with E-state index in [0.29, 0.717) is 27.7 Å². The number of aromatic amines is 2. The molecule has 5 rings (SSSR count). The molecular weight excluding hydrogens is 460 g/mol. The van der Waals surface area contributed by atoms with Gasteiger partial charge in [-0.25, -0.2) is 0 Å². The van der Waals surface area contributed by atoms with Gasteiger partial charge in [-0.2, -0.15) is 15.7 Å². The predicted octanol–water partition coefficient (Wildman–Crippen LogP) is 3.86. The lowest BCUT2D eigenvalue weighted by Gasteiger charge is -2.17. The first kappa shape index (κ1) is 22.4. The SMILES string of the molecule is N#Cc1c(SCc2nn[nH]n2)[nH]c(=O)c(C#N)c1-c1ccc(-c2ccc(N3CCCC3)cc2)cc1. The molecule has 2 N–H and O–H groups in total. The summed E-state index contributed by atoms with van der Waals surface area (Å²) in [7, 11) is 0. The number of tetrazole rings is 1. The second kappa shape index (κ2) is 9.84. The van der Waals surface area contributed by atoms with Crippen LogP contribution in [0.5, 0.6) is 0 Å². The maximum atomic E-state index is 12.7. The average molecular weight is 481 g/mol. The molecule has 35 heavy (non-hydrogen) atoms. The van der Waals surface area contributed by atoms with Crippen LogP contribution in [0.25, 0.3) is 22.3 Å². The number of pyridine rings is 1. The first-order chi connectivity index (χ1) is 17.2. The maximum Gasteiger partial charge on any atom is 0.267 e. The van der Waals surface area contributed by atoms with E-state index in [9.17, 15) is 15.3 Å². The van der Waals surface area contributed by atoms with Gasteiger partial charge in [-0.1, -0.05) is 53.4 Å². The van der Waals surface area contributed by atoms with Crippen LogP contribution in [0, 0.1) is 22.7 Å². The molecule has 172 valence electrons. The Morgan fingerprint density at radius 1 is 0.914 bits per heavy atom. The van der Waals surface area contributed by atoms with Gasteiger partial charge in [-0.05, 0) is 41.7 Å². The Morgan fingerprint density at radius 2 is 1.54 bits per heavy atom. The Kier molecular flexibility index (Phi) is 6.29. The van der Waals surface area contributed by atoms with Crippen molar-refractivity contribution in [2.24, 2.45) is 0 Å². The van der Waals surface area contributed by atoms with Crippen LogP contribution >= 0.6 is 11.8 Å². The minimum Gasteiger partial charge on any atom is -0.372 e. The van der Waals surface area contributed by atoms with Crippen LogP contribution < -0.4 is 10.5 Å². The summed E-state index contributed by atoms with van der Waals surface area (Å²) in [6.07, 6.45) is 2.47. The molecule has 0 aliphatic carbocycles. The van der Waals surface area contributed by atoms with E-state index in [1.807, 2.05) is 30.3 Å². The van der Waals surface area contributed by atoms with E-state index in [4.69, 9.17) is 0 Å². The van der Waals surface area contributed by atoms with E-state index in [1.165, 1.54) is 30.3 Å². The summed E-state index contributed by atoms with van der Waals surface area (Å²) >= 11 is 1.21. The predicted molar refractivity (Wildman–Crippen MR) is 133 cm³/mol. The molecule has 4 aromatic rings. The summed E-state index contributed by atoms with van der Waals surface area (Å²) in [4.78, 5) is 17.7. The molecule has 1 fully saturated rings. The summed E-state index contributed by atoms with van der Waals surface area (Å²) in [5.74, 6) is 0.740. The van der Waals surface area contributed by atoms with Gasteiger partial charge in [-0.15, -0.1) is 10.2 Å². The number of benzene rings is 2. The third-order valence-electron chi connectivity index (χ3n) is 5.99. The highest BCUT2D eigenvalue weighted by Gasteiger charge is 2.20. The molecule has 0 spiro atoms. The van der Waals surface area contributed by atoms with E-state index < -0.39 is 5.56 Å². The van der Waals surface area contributed by atoms with Crippen LogP contribution in [0.2, 0.25) is 0 Å². The fourth-order valence-electron chi connectivity index (χ4n) is 4.24. The lowest BCUT2D eigenvalue weighted by Crippen LogP contribution is -2.17. The molecule has 0 amide bonds. The van der Waals surface area contributed by atoms with E-state index in [-0.39, 0.29) is 11.1 Å². The number of anilines is 1. The maximum absolute atomic E-state index is 12.7. The lowest BCUT2D eigenvalue weighted by molar-refractivity contribution is 0.881. The first-order valence-corrected chi connectivity index (χ1v) is 12.1. The highest BCUT2D eigenvalue weighted by molar-refractivity contribution is 7.98. The number of thioether (sulfide) groups is 1. The van der Waals surface area contributed by atoms with Crippen LogP contribution in [0.3, 0.4) is 0 Å². The molecule has 0 atom stereocenters. The van der Waals surface area contributed by atoms with Crippen molar-refractivity contribution in [1.82, 2.24) is 25.6 Å². The number of nitrogens with one attached hydrogen (secondary N) is 2. The van der Waals surface area contributed by atoms with Gasteiger partial charge >= 0.3 is 0 Å². The van der Waals surface area contributed by atoms with Crippen LogP contribution in [0.1, 0.15) is 29.8 Å². The minimum absolute atomic E-state index is 0.0897. The van der Waals surface area contributed by atoms with Gasteiger partial charge in [-0.3, -0.25) is 4.79 Å². The third kappa shape index (κ3) is 4.52. The molecule has 0 bridgehead atoms. The normalized spacial score (nSPS) is 12.9. The van der Waals surface area contributed by atoms with Gasteiger partial charge in [0.25, 0.3) is 5.56 Å². The monoisotopic (exact) mass is 480 g/mol. The summed E-state index contributed by atoms with van der Waals surface area (Å²) in [6, 6.07) is 20.2. The fraction of sp³-hybridized carbons (Fsp3) is 0.200. The number of hydrogen-bond donors (Lipinski definition) is 2. The lowest BCUT2D eigenvalue weighted by atomic mass is 9.95. The smallest absolute Gasteiger partial charge is 0.267 e. The van der Waals surface area contributed by atoms with Crippen molar-refractivity contribution in [3.05, 3.63) is 75.8 Å². The Morgan fingerprint density at radius 3 is 2.14 bits per heavy atom. The van der Waals surface area contributed by atoms with E-state index in [0.717, 1.165) is 24.2 Å². The summed E-state index contributed by atoms with van der Waals surface area (Å²) in [5.41, 5.74) is 3.87. The van der Waals surface area contributed by atoms with Crippen molar-refractivity contribution in [2.75, 3.05) is 18.0 Å². The molecule has 1 aliphatic heterocycles. The van der Waals surface area contributed by atoms with Crippen LogP contribution in [-0.2, 0) is 5.75 Å². The Hall–Kier alpha value is -4.41. The third-order valence-corrected chi connectivity index (χ3v) is 6.98. The summed E-state index contributed by atoms with van der Waals surface area (Å²) in [6.45, 7) is 2.20. The second-order valence-corrected chi connectivity index (χ2v) is 9.05. The van der Waals surface area contributed by atoms with Gasteiger partial charge in [0.2, 0.25) is 0 Å². The average Bonchev–Trinajstić information content (AvgIpc) is 3.62. The number of hydrogen-bond acceptors (Lipinski definition) is 8. The molecule has 0 unspecified atom stereocenters. The zero-order valence-corrected chi connectivity index (χ0v) is 19.5. The summed E-state index contributed by atoms with van der Waals surface area (Å²) in [5, 5.41) is 33.6. The highest BCUT2D eigenvalue weighted by Crippen LogP contribution is 2.33. The number of nitriles is 2. The Labute approximate surface area is 205 Å². The number of H-pyrrole nitrogens is 2. The first-order valence-electron chi connectivity index (χ1n) is 11.1. The molecule has 10 heteroatoms. The number of aromatic nitrogens is 5. The summed E-state index contributed by atoms with van der Waals surface area (Å²) < 4.78 is 0. The molecule has 2 aromatic heterocycles. The second-order valence-electron chi connectivity index (χ2n) is 8.07. The highest BCUT2D eigenvalue weighted by atomic mass is 32.2. The molecule has 1 saturated heterocycles. The van der Waals surface area contributed by atoms with E-state index >= 15 is 0 Å². The zero-order chi connectivity index (χ0) is 24.2. The molecule has 1 aliphatic rings. The van der Waals surface area contributed by atoms with Crippen molar-refractivity contribution < 1.29 is 0 Å². The van der Waals surface area contributed by atoms with Crippen molar-refractivity contribution in [2.45, 2.75) is 23.6 Å². The fourth-order valence-corrected chi connectivity index (χ4v) is 5.09. The van der Waals surface area contributed by atoms with Crippen LogP contribution in [-0.4, -0.2) is 38.7 Å². The number of nitrogens with zero attached hydrogens (tertiary/aromatic N) is 6. The van der Waals surface area contributed by atoms with Gasteiger partial charge in [0.1, 0.15) is 17.7 Å². The van der Waals surface area contributed by atoms with Crippen LogP contribution in [0.15, 0.2) is 58.4 Å². The van der Waals surface area contributed by atoms with Crippen molar-refractivity contribution >= 4 is 17.4 Å². The molecular formula is C25H20N8OS. The Bertz CT molecular complexity index is 1470. The zero-order valence-electron chi connectivity index (χ0n) is 18.7. The molecule has 2 aromatic carbocycles. The topological polar surface area (TPSA) is 138 Å². The van der Waals surface area contributed by atoms with Gasteiger partial charge in [0, 0.05) is 24.3 Å². The number of rotatable bonds is 6. The quantitative estimate of drug-likeness (QED) is 0.397. The van der Waals surface area contributed by atoms with E-state index in [2.05, 4.69) is 60.8 Å². The van der Waals surface area contributed by atoms with Crippen LogP contribution in [0.4, 0.5) is 5.69 Å². The van der Waals surface area contributed by atoms with Crippen molar-refractivity contribution in [3.8, 4) is 34.4 Å². The minimum atomic E-state index is -0.543. The molecule has 3 heterocycles. The molecule has 0 radical (unpaired) electrons. The molecule has 0 saturated carbocycles. The standard InChI is InChI=1S/C25H20N8OS/c26-13-20-23(21(14-27)25(28-24(20)34)35-15-22-29-31-32-30-22)18-5-3-16(4-6-18)17-7-9-19(10-8-17)33-11-1-2-12-33/h3-10H,1-2,11-12,15H2,(H,28,34)(H,29,30,31,32). The van der Waals surface area contributed by atoms with Crippen molar-refractivity contribution in [3.63, 3.8) is 0 Å². The van der Waals surface area contributed by atoms with Gasteiger partial charge < -0.3 is 9.88 Å². The van der Waals surface area contributed by atoms with Gasteiger partial charge in [0.05, 0.1) is 16.3 Å². The Balaban J connectivity index is 1.47. The molecule has 9 nitrogen and oxygen atoms in total. The van der Waals surface area contributed by atoms with Crippen molar-refractivity contribution in [1.29, 1.82) is 10.5 Å². The largest absolute Gasteiger partial charge is 0.372 e. The van der Waals surface area contributed by atoms with E-state index in [1.54, 1.807) is 0 Å². The van der Waals surface area contributed by atoms with Gasteiger partial charge in [0.15, 0.2) is 5.82 Å².